The Kier molecular flexibility index (Phi) is 7.17. The Balaban J connectivity index is 0.000000509. The number of ether oxygens (including phenoxy) is 1. The molecule has 0 aromatic heterocycles. The van der Waals surface area contributed by atoms with E-state index in [1.54, 1.807) is 6.21 Å². The van der Waals surface area contributed by atoms with Gasteiger partial charge in [0.2, 0.25) is 0 Å². The van der Waals surface area contributed by atoms with Crippen molar-refractivity contribution in [3.63, 3.8) is 0 Å². The molecular formula is C19H22F6N7OP. The van der Waals surface area contributed by atoms with Gasteiger partial charge in [0, 0.05) is 5.56 Å². The van der Waals surface area contributed by atoms with E-state index in [0.29, 0.717) is 6.02 Å². The first-order chi connectivity index (χ1) is 15.4. The summed E-state index contributed by atoms with van der Waals surface area (Å²) >= 11 is 0. The Morgan fingerprint density at radius 2 is 1.38 bits per heavy atom. The maximum atomic E-state index is 9.87. The Morgan fingerprint density at radius 3 is 1.79 bits per heavy atom. The van der Waals surface area contributed by atoms with Gasteiger partial charge in [-0.05, 0) is 29.5 Å². The molecule has 0 saturated heterocycles. The number of hydrogen-bond acceptors (Lipinski definition) is 6. The number of halogens is 6. The summed E-state index contributed by atoms with van der Waals surface area (Å²) in [5, 5.41) is 20.4. The molecule has 0 saturated carbocycles. The Morgan fingerprint density at radius 1 is 0.882 bits per heavy atom. The van der Waals surface area contributed by atoms with Gasteiger partial charge >= 0.3 is 39.0 Å². The summed E-state index contributed by atoms with van der Waals surface area (Å²) in [5.41, 5.74) is 1.23. The summed E-state index contributed by atoms with van der Waals surface area (Å²) < 4.78 is 67.2. The third kappa shape index (κ3) is 9.61. The molecule has 0 radical (unpaired) electrons. The minimum absolute atomic E-state index is 0.634. The fourth-order valence-corrected chi connectivity index (χ4v) is 2.56. The second kappa shape index (κ2) is 9.09. The normalized spacial score (nSPS) is 19.1. The van der Waals surface area contributed by atoms with E-state index >= 15 is 0 Å². The van der Waals surface area contributed by atoms with Crippen molar-refractivity contribution in [2.75, 3.05) is 28.2 Å². The zero-order valence-electron chi connectivity index (χ0n) is 18.5. The van der Waals surface area contributed by atoms with Crippen molar-refractivity contribution in [3.05, 3.63) is 60.2 Å². The number of nitrogens with zero attached hydrogens (tertiary/aromatic N) is 7. The molecule has 0 N–H and O–H groups in total. The molecule has 3 rings (SSSR count). The van der Waals surface area contributed by atoms with Crippen molar-refractivity contribution in [2.24, 2.45) is 25.7 Å². The predicted molar refractivity (Wildman–Crippen MR) is 118 cm³/mol. The van der Waals surface area contributed by atoms with Crippen molar-refractivity contribution in [1.82, 2.24) is 4.90 Å². The van der Waals surface area contributed by atoms with Crippen LogP contribution >= 0.6 is 7.81 Å². The zero-order chi connectivity index (χ0) is 25.7. The van der Waals surface area contributed by atoms with Crippen LogP contribution in [0.1, 0.15) is 5.56 Å². The standard InChI is InChI=1S/C19H22N7O.F6P/c1-25(2)18(26(3)4)27-19(14-20-24-23-19)15-10-12-17(13-11-15)22-21-16-8-6-5-7-9-16;1-7(2,3,4,5)6/h5-14H,1-4H3;/q+1;-1/b22-21+;. The van der Waals surface area contributed by atoms with Gasteiger partial charge in [0.25, 0.3) is 5.72 Å². The zero-order valence-corrected chi connectivity index (χ0v) is 19.4. The molecule has 0 bridgehead atoms. The number of hydrogen-bond donors (Lipinski definition) is 0. The molecule has 1 aliphatic heterocycles. The van der Waals surface area contributed by atoms with Crippen molar-refractivity contribution in [1.29, 1.82) is 0 Å². The molecule has 2 aromatic rings. The molecule has 1 heterocycles. The van der Waals surface area contributed by atoms with Gasteiger partial charge in [0.05, 0.1) is 39.6 Å². The molecule has 2 aromatic carbocycles. The molecule has 0 aliphatic carbocycles. The van der Waals surface area contributed by atoms with Crippen LogP contribution in [0.5, 0.6) is 0 Å². The molecule has 8 nitrogen and oxygen atoms in total. The first-order valence-corrected chi connectivity index (χ1v) is 11.5. The van der Waals surface area contributed by atoms with Gasteiger partial charge in [0.15, 0.2) is 0 Å². The average molecular weight is 509 g/mol. The molecule has 0 fully saturated rings. The van der Waals surface area contributed by atoms with E-state index < -0.39 is 13.5 Å². The van der Waals surface area contributed by atoms with E-state index in [0.717, 1.165) is 16.9 Å². The quantitative estimate of drug-likeness (QED) is 0.108. The number of rotatable bonds is 4. The van der Waals surface area contributed by atoms with Crippen molar-refractivity contribution >= 4 is 31.4 Å². The Hall–Kier alpha value is -3.41. The summed E-state index contributed by atoms with van der Waals surface area (Å²) in [4.78, 5) is 1.87. The fourth-order valence-electron chi connectivity index (χ4n) is 2.56. The Bertz CT molecular complexity index is 1090. The summed E-state index contributed by atoms with van der Waals surface area (Å²) in [6, 6.07) is 17.7. The van der Waals surface area contributed by atoms with Gasteiger partial charge in [0.1, 0.15) is 6.21 Å². The molecule has 186 valence electrons. The second-order valence-electron chi connectivity index (χ2n) is 7.34. The maximum absolute atomic E-state index is 10.7. The first kappa shape index (κ1) is 26.8. The van der Waals surface area contributed by atoms with Crippen LogP contribution in [-0.4, -0.2) is 49.9 Å². The van der Waals surface area contributed by atoms with Crippen LogP contribution in [0.2, 0.25) is 0 Å². The van der Waals surface area contributed by atoms with Crippen LogP contribution in [-0.2, 0) is 10.5 Å². The van der Waals surface area contributed by atoms with Crippen molar-refractivity contribution in [3.8, 4) is 0 Å². The molecular weight excluding hydrogens is 487 g/mol. The number of benzene rings is 2. The van der Waals surface area contributed by atoms with Gasteiger partial charge in [-0.2, -0.15) is 10.2 Å². The Labute approximate surface area is 191 Å². The van der Waals surface area contributed by atoms with Crippen LogP contribution in [0.15, 0.2) is 80.3 Å². The molecule has 0 amide bonds. The fraction of sp³-hybridized carbons (Fsp3) is 0.263. The average Bonchev–Trinajstić information content (AvgIpc) is 3.19. The third-order valence-corrected chi connectivity index (χ3v) is 3.81. The van der Waals surface area contributed by atoms with E-state index in [2.05, 4.69) is 25.7 Å². The summed E-state index contributed by atoms with van der Waals surface area (Å²) in [5.74, 6) is 0. The van der Waals surface area contributed by atoms with E-state index in [1.165, 1.54) is 0 Å². The van der Waals surface area contributed by atoms with Crippen LogP contribution in [0.25, 0.3) is 0 Å². The topological polar surface area (TPSA) is 77.3 Å². The second-order valence-corrected chi connectivity index (χ2v) is 9.26. The number of azo groups is 1. The minimum atomic E-state index is -10.7. The van der Waals surface area contributed by atoms with E-state index in [9.17, 15) is 25.2 Å². The SMILES string of the molecule is CN(C)C(OC1(c2ccc(/N=N/c3ccccc3)cc2)C=NN=N1)=[N+](C)C.F[P-](F)(F)(F)(F)F. The summed E-state index contributed by atoms with van der Waals surface area (Å²) in [6.45, 7) is 0. The van der Waals surface area contributed by atoms with Crippen LogP contribution < -0.4 is 0 Å². The van der Waals surface area contributed by atoms with Gasteiger partial charge in [-0.15, -0.1) is 10.2 Å². The molecule has 1 atom stereocenters. The number of amidine groups is 1. The summed E-state index contributed by atoms with van der Waals surface area (Å²) in [6.07, 6.45) is 1.58. The predicted octanol–water partition coefficient (Wildman–Crippen LogP) is 7.30. The van der Waals surface area contributed by atoms with Crippen LogP contribution in [0, 0.1) is 0 Å². The summed E-state index contributed by atoms with van der Waals surface area (Å²) in [7, 11) is -3.05. The molecule has 34 heavy (non-hydrogen) atoms. The van der Waals surface area contributed by atoms with E-state index in [-0.39, 0.29) is 0 Å². The van der Waals surface area contributed by atoms with Crippen molar-refractivity contribution < 1.29 is 34.5 Å². The van der Waals surface area contributed by atoms with Crippen LogP contribution in [0.4, 0.5) is 36.6 Å². The monoisotopic (exact) mass is 509 g/mol. The van der Waals surface area contributed by atoms with Gasteiger partial charge < -0.3 is 4.74 Å². The molecule has 15 heteroatoms. The van der Waals surface area contributed by atoms with Gasteiger partial charge in [-0.25, -0.2) is 9.48 Å². The van der Waals surface area contributed by atoms with Crippen molar-refractivity contribution in [2.45, 2.75) is 5.72 Å². The van der Waals surface area contributed by atoms with Crippen LogP contribution in [0.3, 0.4) is 0 Å². The first-order valence-electron chi connectivity index (χ1n) is 9.46. The molecule has 0 spiro atoms. The molecule has 1 aliphatic rings. The third-order valence-electron chi connectivity index (χ3n) is 3.81. The van der Waals surface area contributed by atoms with Gasteiger partial charge in [-0.3, -0.25) is 0 Å². The van der Waals surface area contributed by atoms with E-state index in [1.807, 2.05) is 92.3 Å². The van der Waals surface area contributed by atoms with E-state index in [4.69, 9.17) is 4.74 Å². The molecule has 1 unspecified atom stereocenters. The van der Waals surface area contributed by atoms with Gasteiger partial charge in [-0.1, -0.05) is 30.3 Å².